The molecular formula is C13H24O3. The maximum atomic E-state index is 6.09. The Kier molecular flexibility index (Phi) is 3.06. The molecule has 3 heteroatoms. The van der Waals surface area contributed by atoms with Crippen molar-refractivity contribution in [3.8, 4) is 0 Å². The molecule has 0 N–H and O–H groups in total. The molecule has 0 amide bonds. The molecule has 2 aliphatic rings. The van der Waals surface area contributed by atoms with Crippen LogP contribution in [0.3, 0.4) is 0 Å². The van der Waals surface area contributed by atoms with Crippen LogP contribution in [0.15, 0.2) is 0 Å². The SMILES string of the molecule is CC(C)[C@H]1O[C@@H](C(C)C)[C@H]2OC(C)(C)O[C@H]21. The topological polar surface area (TPSA) is 27.7 Å². The van der Waals surface area contributed by atoms with Gasteiger partial charge < -0.3 is 14.2 Å². The molecule has 3 nitrogen and oxygen atoms in total. The van der Waals surface area contributed by atoms with E-state index in [1.807, 2.05) is 13.8 Å². The van der Waals surface area contributed by atoms with Crippen molar-refractivity contribution >= 4 is 0 Å². The van der Waals surface area contributed by atoms with E-state index in [1.54, 1.807) is 0 Å². The highest BCUT2D eigenvalue weighted by Gasteiger charge is 2.56. The van der Waals surface area contributed by atoms with Crippen molar-refractivity contribution in [3.05, 3.63) is 0 Å². The van der Waals surface area contributed by atoms with Gasteiger partial charge in [-0.15, -0.1) is 0 Å². The van der Waals surface area contributed by atoms with Crippen molar-refractivity contribution in [1.82, 2.24) is 0 Å². The first kappa shape index (κ1) is 12.3. The molecule has 0 unspecified atom stereocenters. The molecule has 16 heavy (non-hydrogen) atoms. The van der Waals surface area contributed by atoms with Crippen molar-refractivity contribution in [2.75, 3.05) is 0 Å². The Morgan fingerprint density at radius 2 is 1.19 bits per heavy atom. The molecule has 0 bridgehead atoms. The smallest absolute Gasteiger partial charge is 0.164 e. The number of fused-ring (bicyclic) bond motifs is 1. The summed E-state index contributed by atoms with van der Waals surface area (Å²) < 4.78 is 18.1. The van der Waals surface area contributed by atoms with E-state index >= 15 is 0 Å². The zero-order chi connectivity index (χ0) is 12.1. The lowest BCUT2D eigenvalue weighted by atomic mass is 9.96. The van der Waals surface area contributed by atoms with Crippen LogP contribution < -0.4 is 0 Å². The third kappa shape index (κ3) is 2.01. The maximum Gasteiger partial charge on any atom is 0.164 e. The summed E-state index contributed by atoms with van der Waals surface area (Å²) in [6.45, 7) is 12.7. The van der Waals surface area contributed by atoms with Gasteiger partial charge in [-0.25, -0.2) is 0 Å². The summed E-state index contributed by atoms with van der Waals surface area (Å²) in [7, 11) is 0. The summed E-state index contributed by atoms with van der Waals surface area (Å²) in [5.74, 6) is 0.474. The molecule has 0 aromatic rings. The number of rotatable bonds is 2. The lowest BCUT2D eigenvalue weighted by Crippen LogP contribution is -2.33. The molecule has 2 fully saturated rings. The minimum atomic E-state index is -0.459. The summed E-state index contributed by atoms with van der Waals surface area (Å²) in [5.41, 5.74) is 0. The second kappa shape index (κ2) is 3.97. The van der Waals surface area contributed by atoms with Crippen LogP contribution in [0.1, 0.15) is 41.5 Å². The Morgan fingerprint density at radius 3 is 1.50 bits per heavy atom. The van der Waals surface area contributed by atoms with Gasteiger partial charge in [-0.3, -0.25) is 0 Å². The van der Waals surface area contributed by atoms with Gasteiger partial charge in [-0.2, -0.15) is 0 Å². The van der Waals surface area contributed by atoms with E-state index in [1.165, 1.54) is 0 Å². The third-order valence-electron chi connectivity index (χ3n) is 3.44. The van der Waals surface area contributed by atoms with E-state index < -0.39 is 5.79 Å². The monoisotopic (exact) mass is 228 g/mol. The van der Waals surface area contributed by atoms with Crippen LogP contribution in [-0.4, -0.2) is 30.2 Å². The third-order valence-corrected chi connectivity index (χ3v) is 3.44. The van der Waals surface area contributed by atoms with E-state index in [-0.39, 0.29) is 24.4 Å². The van der Waals surface area contributed by atoms with Crippen molar-refractivity contribution in [3.63, 3.8) is 0 Å². The van der Waals surface area contributed by atoms with Gasteiger partial charge in [-0.1, -0.05) is 27.7 Å². The van der Waals surface area contributed by atoms with E-state index in [2.05, 4.69) is 27.7 Å². The fraction of sp³-hybridized carbons (Fsp3) is 1.00. The molecule has 0 saturated carbocycles. The highest BCUT2D eigenvalue weighted by atomic mass is 16.8. The van der Waals surface area contributed by atoms with Crippen LogP contribution in [-0.2, 0) is 14.2 Å². The van der Waals surface area contributed by atoms with Gasteiger partial charge in [0.1, 0.15) is 12.2 Å². The van der Waals surface area contributed by atoms with E-state index in [4.69, 9.17) is 14.2 Å². The second-order valence-electron chi connectivity index (χ2n) is 6.12. The van der Waals surface area contributed by atoms with Crippen LogP contribution >= 0.6 is 0 Å². The molecule has 2 saturated heterocycles. The van der Waals surface area contributed by atoms with Crippen LogP contribution in [0.4, 0.5) is 0 Å². The molecule has 0 aromatic heterocycles. The highest BCUT2D eigenvalue weighted by molar-refractivity contribution is 4.99. The van der Waals surface area contributed by atoms with Crippen molar-refractivity contribution in [2.45, 2.75) is 71.7 Å². The van der Waals surface area contributed by atoms with Crippen LogP contribution in [0.5, 0.6) is 0 Å². The fourth-order valence-corrected chi connectivity index (χ4v) is 2.73. The normalized spacial score (nSPS) is 42.0. The maximum absolute atomic E-state index is 6.09. The molecule has 2 rings (SSSR count). The molecule has 4 atom stereocenters. The van der Waals surface area contributed by atoms with Crippen molar-refractivity contribution in [1.29, 1.82) is 0 Å². The highest BCUT2D eigenvalue weighted by Crippen LogP contribution is 2.42. The predicted molar refractivity (Wildman–Crippen MR) is 62.2 cm³/mol. The Hall–Kier alpha value is -0.120. The number of hydrogen-bond acceptors (Lipinski definition) is 3. The quantitative estimate of drug-likeness (QED) is 0.727. The molecule has 0 spiro atoms. The second-order valence-corrected chi connectivity index (χ2v) is 6.12. The minimum Gasteiger partial charge on any atom is -0.369 e. The molecule has 2 heterocycles. The lowest BCUT2D eigenvalue weighted by Gasteiger charge is -2.27. The standard InChI is InChI=1S/C13H24O3/c1-7(2)9-11-12(10(14-9)8(3)4)16-13(5,6)15-11/h7-12H,1-6H3/t9-,10+,11+,12-. The molecule has 0 radical (unpaired) electrons. The van der Waals surface area contributed by atoms with Crippen LogP contribution in [0, 0.1) is 11.8 Å². The van der Waals surface area contributed by atoms with Crippen molar-refractivity contribution < 1.29 is 14.2 Å². The van der Waals surface area contributed by atoms with E-state index in [0.717, 1.165) is 0 Å². The van der Waals surface area contributed by atoms with E-state index in [9.17, 15) is 0 Å². The molecule has 0 aromatic carbocycles. The van der Waals surface area contributed by atoms with Crippen molar-refractivity contribution in [2.24, 2.45) is 11.8 Å². The summed E-state index contributed by atoms with van der Waals surface area (Å²) >= 11 is 0. The summed E-state index contributed by atoms with van der Waals surface area (Å²) in [6.07, 6.45) is 0.531. The molecule has 0 aliphatic carbocycles. The molecule has 2 aliphatic heterocycles. The van der Waals surface area contributed by atoms with Gasteiger partial charge in [0, 0.05) is 0 Å². The fourth-order valence-electron chi connectivity index (χ4n) is 2.73. The average molecular weight is 228 g/mol. The Balaban J connectivity index is 2.19. The summed E-state index contributed by atoms with van der Waals surface area (Å²) in [5, 5.41) is 0. The van der Waals surface area contributed by atoms with Gasteiger partial charge in [0.25, 0.3) is 0 Å². The zero-order valence-electron chi connectivity index (χ0n) is 11.2. The van der Waals surface area contributed by atoms with Gasteiger partial charge >= 0.3 is 0 Å². The first-order chi connectivity index (χ1) is 7.32. The summed E-state index contributed by atoms with van der Waals surface area (Å²) in [6, 6.07) is 0. The van der Waals surface area contributed by atoms with Gasteiger partial charge in [0.15, 0.2) is 5.79 Å². The first-order valence-electron chi connectivity index (χ1n) is 6.33. The number of ether oxygens (including phenoxy) is 3. The molecule has 94 valence electrons. The number of hydrogen-bond donors (Lipinski definition) is 0. The van der Waals surface area contributed by atoms with Crippen LogP contribution in [0.25, 0.3) is 0 Å². The zero-order valence-corrected chi connectivity index (χ0v) is 11.2. The Bertz CT molecular complexity index is 236. The Morgan fingerprint density at radius 1 is 0.812 bits per heavy atom. The van der Waals surface area contributed by atoms with Gasteiger partial charge in [0.05, 0.1) is 12.2 Å². The van der Waals surface area contributed by atoms with E-state index in [0.29, 0.717) is 11.8 Å². The largest absolute Gasteiger partial charge is 0.369 e. The summed E-state index contributed by atoms with van der Waals surface area (Å²) in [4.78, 5) is 0. The lowest BCUT2D eigenvalue weighted by molar-refractivity contribution is -0.195. The van der Waals surface area contributed by atoms with Gasteiger partial charge in [-0.05, 0) is 25.7 Å². The molecular weight excluding hydrogens is 204 g/mol. The van der Waals surface area contributed by atoms with Gasteiger partial charge in [0.2, 0.25) is 0 Å². The minimum absolute atomic E-state index is 0.0994. The average Bonchev–Trinajstić information content (AvgIpc) is 2.56. The van der Waals surface area contributed by atoms with Crippen LogP contribution in [0.2, 0.25) is 0 Å². The predicted octanol–water partition coefficient (Wildman–Crippen LogP) is 2.59. The Labute approximate surface area is 98.4 Å². The first-order valence-corrected chi connectivity index (χ1v) is 6.33.